The van der Waals surface area contributed by atoms with Crippen LogP contribution >= 0.6 is 0 Å². The van der Waals surface area contributed by atoms with Crippen molar-refractivity contribution in [1.29, 1.82) is 0 Å². The topological polar surface area (TPSA) is 55.1 Å². The Balaban J connectivity index is 1.48. The molecule has 3 rings (SSSR count). The molecule has 3 heteroatoms. The molecule has 0 aromatic rings. The number of nitrogens with two attached hydrogens (primary N) is 1. The summed E-state index contributed by atoms with van der Waals surface area (Å²) in [5, 5.41) is 3.23. The van der Waals surface area contributed by atoms with Crippen molar-refractivity contribution in [3.63, 3.8) is 0 Å². The van der Waals surface area contributed by atoms with Gasteiger partial charge in [0, 0.05) is 18.5 Å². The van der Waals surface area contributed by atoms with Crippen molar-refractivity contribution in [3.8, 4) is 0 Å². The highest BCUT2D eigenvalue weighted by atomic mass is 16.1. The minimum absolute atomic E-state index is 0.173. The van der Waals surface area contributed by atoms with Crippen molar-refractivity contribution in [2.24, 2.45) is 23.5 Å². The molecule has 0 spiro atoms. The Kier molecular flexibility index (Phi) is 4.11. The lowest BCUT2D eigenvalue weighted by atomic mass is 9.86. The summed E-state index contributed by atoms with van der Waals surface area (Å²) < 4.78 is 0. The fraction of sp³-hybridized carbons (Fsp3) is 0.938. The van der Waals surface area contributed by atoms with Crippen LogP contribution < -0.4 is 11.1 Å². The van der Waals surface area contributed by atoms with E-state index in [-0.39, 0.29) is 18.0 Å². The molecule has 0 radical (unpaired) electrons. The van der Waals surface area contributed by atoms with Crippen LogP contribution in [0.3, 0.4) is 0 Å². The molecule has 3 nitrogen and oxygen atoms in total. The highest BCUT2D eigenvalue weighted by molar-refractivity contribution is 5.76. The van der Waals surface area contributed by atoms with Crippen molar-refractivity contribution < 1.29 is 4.79 Å². The summed E-state index contributed by atoms with van der Waals surface area (Å²) in [7, 11) is 0. The Morgan fingerprint density at radius 3 is 2.63 bits per heavy atom. The number of amides is 1. The number of carbonyl (C=O) groups is 1. The molecule has 0 saturated heterocycles. The van der Waals surface area contributed by atoms with Crippen LogP contribution in [0.25, 0.3) is 0 Å². The predicted octanol–water partition coefficient (Wildman–Crippen LogP) is 2.59. The third-order valence-electron chi connectivity index (χ3n) is 5.75. The van der Waals surface area contributed by atoms with Crippen LogP contribution in [0, 0.1) is 17.8 Å². The number of hydrogen-bond donors (Lipinski definition) is 2. The second-order valence-corrected chi connectivity index (χ2v) is 7.11. The summed E-state index contributed by atoms with van der Waals surface area (Å²) in [5.74, 6) is 2.71. The van der Waals surface area contributed by atoms with Crippen molar-refractivity contribution in [2.45, 2.75) is 76.3 Å². The maximum Gasteiger partial charge on any atom is 0.220 e. The Morgan fingerprint density at radius 2 is 1.89 bits per heavy atom. The van der Waals surface area contributed by atoms with Crippen molar-refractivity contribution in [2.75, 3.05) is 0 Å². The van der Waals surface area contributed by atoms with Gasteiger partial charge in [0.1, 0.15) is 0 Å². The van der Waals surface area contributed by atoms with E-state index in [9.17, 15) is 4.79 Å². The highest BCUT2D eigenvalue weighted by Gasteiger charge is 2.40. The molecule has 3 aliphatic rings. The third kappa shape index (κ3) is 3.13. The lowest BCUT2D eigenvalue weighted by molar-refractivity contribution is -0.123. The number of nitrogens with one attached hydrogen (secondary N) is 1. The molecule has 0 heterocycles. The van der Waals surface area contributed by atoms with E-state index in [1.165, 1.54) is 44.9 Å². The van der Waals surface area contributed by atoms with Crippen LogP contribution in [0.2, 0.25) is 0 Å². The van der Waals surface area contributed by atoms with E-state index in [4.69, 9.17) is 5.73 Å². The summed E-state index contributed by atoms with van der Waals surface area (Å²) in [4.78, 5) is 12.2. The van der Waals surface area contributed by atoms with E-state index in [0.717, 1.165) is 31.1 Å². The van der Waals surface area contributed by atoms with Crippen molar-refractivity contribution in [1.82, 2.24) is 5.32 Å². The molecule has 0 aromatic carbocycles. The monoisotopic (exact) mass is 264 g/mol. The van der Waals surface area contributed by atoms with Crippen LogP contribution in [0.15, 0.2) is 0 Å². The second-order valence-electron chi connectivity index (χ2n) is 7.11. The first-order valence-electron chi connectivity index (χ1n) is 8.27. The Morgan fingerprint density at radius 1 is 1.05 bits per heavy atom. The zero-order valence-electron chi connectivity index (χ0n) is 11.9. The van der Waals surface area contributed by atoms with Gasteiger partial charge in [-0.1, -0.05) is 25.7 Å². The number of rotatable bonds is 3. The molecule has 108 valence electrons. The number of fused-ring (bicyclic) bond motifs is 2. The Hall–Kier alpha value is -0.570. The molecule has 2 bridgehead atoms. The van der Waals surface area contributed by atoms with Gasteiger partial charge in [0.05, 0.1) is 0 Å². The molecule has 3 aliphatic carbocycles. The van der Waals surface area contributed by atoms with E-state index >= 15 is 0 Å². The van der Waals surface area contributed by atoms with Gasteiger partial charge in [-0.15, -0.1) is 0 Å². The fourth-order valence-electron chi connectivity index (χ4n) is 4.65. The van der Waals surface area contributed by atoms with Crippen molar-refractivity contribution in [3.05, 3.63) is 0 Å². The first-order chi connectivity index (χ1) is 9.22. The van der Waals surface area contributed by atoms with E-state index in [0.29, 0.717) is 5.92 Å². The molecule has 0 aliphatic heterocycles. The maximum atomic E-state index is 12.2. The molecular formula is C16H28N2O. The van der Waals surface area contributed by atoms with Gasteiger partial charge in [-0.05, 0) is 49.9 Å². The van der Waals surface area contributed by atoms with Gasteiger partial charge in [0.25, 0.3) is 0 Å². The second kappa shape index (κ2) is 5.82. The van der Waals surface area contributed by atoms with Gasteiger partial charge in [-0.3, -0.25) is 4.79 Å². The van der Waals surface area contributed by atoms with E-state index in [1.54, 1.807) is 0 Å². The van der Waals surface area contributed by atoms with E-state index in [2.05, 4.69) is 5.32 Å². The maximum absolute atomic E-state index is 12.2. The zero-order chi connectivity index (χ0) is 13.2. The average Bonchev–Trinajstić information content (AvgIpc) is 2.93. The first-order valence-corrected chi connectivity index (χ1v) is 8.27. The summed E-state index contributed by atoms with van der Waals surface area (Å²) in [6, 6.07) is 0.403. The Labute approximate surface area is 116 Å². The van der Waals surface area contributed by atoms with Crippen LogP contribution in [0.1, 0.15) is 64.2 Å². The minimum Gasteiger partial charge on any atom is -0.352 e. The SMILES string of the molecule is NC1CCCCCC1NC(=O)CC1CC2CCC1C2. The molecule has 19 heavy (non-hydrogen) atoms. The standard InChI is InChI=1S/C16H28N2O/c17-14-4-2-1-3-5-15(14)18-16(19)10-13-9-11-6-7-12(13)8-11/h11-15H,1-10,17H2,(H,18,19). The molecule has 3 fully saturated rings. The van der Waals surface area contributed by atoms with Crippen molar-refractivity contribution >= 4 is 5.91 Å². The smallest absolute Gasteiger partial charge is 0.220 e. The van der Waals surface area contributed by atoms with Gasteiger partial charge in [-0.25, -0.2) is 0 Å². The van der Waals surface area contributed by atoms with E-state index in [1.807, 2.05) is 0 Å². The molecule has 3 saturated carbocycles. The lowest BCUT2D eigenvalue weighted by Crippen LogP contribution is -2.47. The normalized spacial score (nSPS) is 42.1. The lowest BCUT2D eigenvalue weighted by Gasteiger charge is -2.25. The summed E-state index contributed by atoms with van der Waals surface area (Å²) in [5.41, 5.74) is 6.18. The zero-order valence-corrected chi connectivity index (χ0v) is 11.9. The molecular weight excluding hydrogens is 236 g/mol. The molecule has 3 N–H and O–H groups in total. The van der Waals surface area contributed by atoms with Crippen LogP contribution in [0.4, 0.5) is 0 Å². The van der Waals surface area contributed by atoms with Gasteiger partial charge in [0.15, 0.2) is 0 Å². The molecule has 5 unspecified atom stereocenters. The number of hydrogen-bond acceptors (Lipinski definition) is 2. The predicted molar refractivity (Wildman–Crippen MR) is 76.5 cm³/mol. The largest absolute Gasteiger partial charge is 0.352 e. The summed E-state index contributed by atoms with van der Waals surface area (Å²) in [6.45, 7) is 0. The third-order valence-corrected chi connectivity index (χ3v) is 5.75. The molecule has 0 aromatic heterocycles. The van der Waals surface area contributed by atoms with Gasteiger partial charge in [-0.2, -0.15) is 0 Å². The fourth-order valence-corrected chi connectivity index (χ4v) is 4.65. The molecule has 5 atom stereocenters. The van der Waals surface area contributed by atoms with Crippen LogP contribution in [0.5, 0.6) is 0 Å². The summed E-state index contributed by atoms with van der Waals surface area (Å²) >= 11 is 0. The molecule has 1 amide bonds. The van der Waals surface area contributed by atoms with Gasteiger partial charge in [0.2, 0.25) is 5.91 Å². The number of carbonyl (C=O) groups excluding carboxylic acids is 1. The average molecular weight is 264 g/mol. The van der Waals surface area contributed by atoms with E-state index < -0.39 is 0 Å². The van der Waals surface area contributed by atoms with Gasteiger partial charge < -0.3 is 11.1 Å². The summed E-state index contributed by atoms with van der Waals surface area (Å²) in [6.07, 6.45) is 12.1. The van der Waals surface area contributed by atoms with Crippen LogP contribution in [-0.4, -0.2) is 18.0 Å². The van der Waals surface area contributed by atoms with Crippen LogP contribution in [-0.2, 0) is 4.79 Å². The first kappa shape index (κ1) is 13.4. The minimum atomic E-state index is 0.173. The highest BCUT2D eigenvalue weighted by Crippen LogP contribution is 2.49. The Bertz CT molecular complexity index is 331. The quantitative estimate of drug-likeness (QED) is 0.770. The van der Waals surface area contributed by atoms with Gasteiger partial charge >= 0.3 is 0 Å².